The Morgan fingerprint density at radius 2 is 0.917 bits per heavy atom. The molecule has 0 spiro atoms. The fraction of sp³-hybridized carbons (Fsp3) is 0.450. The van der Waals surface area contributed by atoms with Gasteiger partial charge in [-0.1, -0.05) is 41.4 Å². The van der Waals surface area contributed by atoms with Crippen molar-refractivity contribution in [1.82, 2.24) is 49.8 Å². The summed E-state index contributed by atoms with van der Waals surface area (Å²) in [4.78, 5) is 39.1. The minimum absolute atomic E-state index is 0.161. The smallest absolute Gasteiger partial charge is 0.316 e. The van der Waals surface area contributed by atoms with E-state index in [1.165, 1.54) is 38.2 Å². The van der Waals surface area contributed by atoms with Gasteiger partial charge in [-0.15, -0.1) is 0 Å². The van der Waals surface area contributed by atoms with E-state index in [2.05, 4.69) is 107 Å². The molecule has 5 heterocycles. The van der Waals surface area contributed by atoms with Crippen LogP contribution in [0.25, 0.3) is 0 Å². The van der Waals surface area contributed by atoms with Crippen LogP contribution >= 0.6 is 38.5 Å². The zero-order chi connectivity index (χ0) is 44.6. The molecule has 0 aliphatic heterocycles. The van der Waals surface area contributed by atoms with Crippen molar-refractivity contribution in [3.63, 3.8) is 0 Å². The molecule has 0 bridgehead atoms. The van der Waals surface area contributed by atoms with E-state index in [9.17, 15) is 8.78 Å². The zero-order valence-electron chi connectivity index (χ0n) is 35.0. The number of hydrogen-bond acceptors (Lipinski definition) is 16. The molecule has 16 nitrogen and oxygen atoms in total. The third kappa shape index (κ3) is 29.4. The summed E-state index contributed by atoms with van der Waals surface area (Å²) in [6.45, 7) is 3.98. The molecule has 20 heteroatoms. The number of aryl methyl sites for hydroxylation is 4. The summed E-state index contributed by atoms with van der Waals surface area (Å²) in [7, 11) is 7.79. The van der Waals surface area contributed by atoms with Crippen molar-refractivity contribution in [2.45, 2.75) is 52.4 Å². The summed E-state index contributed by atoms with van der Waals surface area (Å²) in [6, 6.07) is 1.46. The van der Waals surface area contributed by atoms with E-state index >= 15 is 0 Å². The number of hydrogen-bond donors (Lipinski definition) is 1. The van der Waals surface area contributed by atoms with Gasteiger partial charge in [0.05, 0.1) is 51.8 Å². The molecule has 0 unspecified atom stereocenters. The molecule has 328 valence electrons. The Balaban J connectivity index is 0.000000715. The largest absolute Gasteiger partial charge is 0.467 e. The predicted octanol–water partition coefficient (Wildman–Crippen LogP) is 6.66. The number of aliphatic hydroxyl groups is 1. The minimum atomic E-state index is -0.300. The van der Waals surface area contributed by atoms with Gasteiger partial charge in [0.15, 0.2) is 0 Å². The van der Waals surface area contributed by atoms with E-state index in [-0.39, 0.29) is 20.0 Å². The van der Waals surface area contributed by atoms with Gasteiger partial charge in [-0.3, -0.25) is 8.78 Å². The Morgan fingerprint density at radius 1 is 0.583 bits per heavy atom. The van der Waals surface area contributed by atoms with Crippen LogP contribution in [0, 0.1) is 18.8 Å². The van der Waals surface area contributed by atoms with Gasteiger partial charge in [-0.05, 0) is 82.5 Å². The maximum atomic E-state index is 11.8. The predicted molar refractivity (Wildman–Crippen MR) is 236 cm³/mol. The molecular formula is C40H54BrF2IN10O6. The second-order valence-corrected chi connectivity index (χ2v) is 13.5. The Kier molecular flexibility index (Phi) is 35.3. The highest BCUT2D eigenvalue weighted by Crippen LogP contribution is 2.08. The van der Waals surface area contributed by atoms with Crippen molar-refractivity contribution in [1.29, 1.82) is 0 Å². The molecule has 0 aromatic carbocycles. The second-order valence-electron chi connectivity index (χ2n) is 11.0. The molecule has 5 rings (SSSR count). The highest BCUT2D eigenvalue weighted by atomic mass is 127. The molecule has 0 aliphatic carbocycles. The van der Waals surface area contributed by atoms with Crippen molar-refractivity contribution in [2.75, 3.05) is 66.5 Å². The molecule has 0 amide bonds. The summed E-state index contributed by atoms with van der Waals surface area (Å²) in [6.07, 6.45) is 21.1. The second kappa shape index (κ2) is 38.4. The lowest BCUT2D eigenvalue weighted by molar-refractivity contribution is 0.195. The molecule has 60 heavy (non-hydrogen) atoms. The topological polar surface area (TPSA) is 195 Å². The highest BCUT2D eigenvalue weighted by Gasteiger charge is 1.98. The molecule has 0 atom stereocenters. The molecule has 1 N–H and O–H groups in total. The monoisotopic (exact) mass is 1010 g/mol. The van der Waals surface area contributed by atoms with E-state index < -0.39 is 0 Å². The number of methoxy groups -OCH3 is 5. The van der Waals surface area contributed by atoms with Gasteiger partial charge < -0.3 is 28.8 Å². The molecule has 0 radical (unpaired) electrons. The SMILES string of the molecule is CCI.COCCCc1cnc(OC)nc1.COc1ncc(Br)cn1.COc1ncc(C#CCO)cn1.COc1ncc(CCCF)cn1.Cc1ncc(CCCF)cn1. The molecule has 0 saturated heterocycles. The lowest BCUT2D eigenvalue weighted by Crippen LogP contribution is -1.96. The van der Waals surface area contributed by atoms with Gasteiger partial charge in [0.25, 0.3) is 0 Å². The van der Waals surface area contributed by atoms with Crippen molar-refractivity contribution in [2.24, 2.45) is 0 Å². The average Bonchev–Trinajstić information content (AvgIpc) is 3.29. The maximum absolute atomic E-state index is 11.8. The standard InChI is InChI=1S/C9H14N2O2.C8H11FN2O.C8H11FN2.C8H8N2O2.C5H5BrN2O.C2H5I/c1-12-5-3-4-8-6-10-9(13-2)11-7-8;1-12-8-10-5-7(6-11-8)3-2-4-9;1-7-10-5-8(6-11-7)3-2-4-9;1-12-8-9-5-7(6-10-8)3-2-4-11;1-9-5-7-2-4(6)3-8-5;1-2-3/h6-7H,3-5H2,1-2H3;5-6H,2-4H2,1H3;5-6H,2-4H2,1H3;5-6,11H,4H2,1H3;2-3H,1H3;2H2,1H3. The number of ether oxygens (including phenoxy) is 5. The van der Waals surface area contributed by atoms with Gasteiger partial charge in [-0.25, -0.2) is 49.8 Å². The molecule has 0 aliphatic rings. The third-order valence-electron chi connectivity index (χ3n) is 6.48. The van der Waals surface area contributed by atoms with Gasteiger partial charge in [0.2, 0.25) is 0 Å². The Labute approximate surface area is 373 Å². The maximum Gasteiger partial charge on any atom is 0.316 e. The van der Waals surface area contributed by atoms with Crippen LogP contribution in [0.1, 0.15) is 54.3 Å². The first-order valence-electron chi connectivity index (χ1n) is 18.3. The van der Waals surface area contributed by atoms with Gasteiger partial charge >= 0.3 is 24.0 Å². The first-order valence-corrected chi connectivity index (χ1v) is 20.6. The highest BCUT2D eigenvalue weighted by molar-refractivity contribution is 14.1. The molecule has 0 fully saturated rings. The Bertz CT molecular complexity index is 1800. The fourth-order valence-electron chi connectivity index (χ4n) is 3.70. The molecule has 0 saturated carbocycles. The lowest BCUT2D eigenvalue weighted by Gasteiger charge is -2.00. The first-order chi connectivity index (χ1) is 29.2. The third-order valence-corrected chi connectivity index (χ3v) is 6.89. The fourth-order valence-corrected chi connectivity index (χ4v) is 3.90. The van der Waals surface area contributed by atoms with Crippen molar-refractivity contribution < 1.29 is 37.6 Å². The molecule has 5 aromatic heterocycles. The number of aliphatic hydroxyl groups excluding tert-OH is 1. The quantitative estimate of drug-likeness (QED) is 0.0537. The van der Waals surface area contributed by atoms with Crippen LogP contribution in [-0.2, 0) is 24.0 Å². The lowest BCUT2D eigenvalue weighted by atomic mass is 10.2. The van der Waals surface area contributed by atoms with Gasteiger partial charge in [-0.2, -0.15) is 0 Å². The Morgan fingerprint density at radius 3 is 1.25 bits per heavy atom. The van der Waals surface area contributed by atoms with Crippen LogP contribution in [0.4, 0.5) is 8.78 Å². The van der Waals surface area contributed by atoms with Crippen LogP contribution in [0.15, 0.2) is 66.4 Å². The first kappa shape index (κ1) is 55.2. The molecule has 5 aromatic rings. The number of rotatable bonds is 14. The minimum Gasteiger partial charge on any atom is -0.467 e. The summed E-state index contributed by atoms with van der Waals surface area (Å²) < 4.78 is 49.6. The Hall–Kier alpha value is -4.85. The van der Waals surface area contributed by atoms with Crippen LogP contribution < -0.4 is 18.9 Å². The van der Waals surface area contributed by atoms with Crippen LogP contribution in [-0.4, -0.2) is 121 Å². The van der Waals surface area contributed by atoms with Crippen molar-refractivity contribution in [3.8, 4) is 35.9 Å². The van der Waals surface area contributed by atoms with E-state index in [1.807, 2.05) is 6.92 Å². The number of halogens is 4. The van der Waals surface area contributed by atoms with E-state index in [1.54, 1.807) is 63.8 Å². The van der Waals surface area contributed by atoms with Crippen LogP contribution in [0.2, 0.25) is 0 Å². The van der Waals surface area contributed by atoms with Crippen LogP contribution in [0.5, 0.6) is 24.0 Å². The van der Waals surface area contributed by atoms with Crippen molar-refractivity contribution in [3.05, 3.63) is 94.5 Å². The van der Waals surface area contributed by atoms with Crippen LogP contribution in [0.3, 0.4) is 0 Å². The summed E-state index contributed by atoms with van der Waals surface area (Å²) in [5, 5.41) is 8.39. The summed E-state index contributed by atoms with van der Waals surface area (Å²) in [5.74, 6) is 5.91. The van der Waals surface area contributed by atoms with E-state index in [0.29, 0.717) is 48.9 Å². The van der Waals surface area contributed by atoms with Gasteiger partial charge in [0.1, 0.15) is 12.4 Å². The normalized spacial score (nSPS) is 9.33. The number of alkyl halides is 3. The zero-order valence-corrected chi connectivity index (χ0v) is 38.8. The van der Waals surface area contributed by atoms with Gasteiger partial charge in [0, 0.05) is 75.7 Å². The van der Waals surface area contributed by atoms with E-state index in [4.69, 9.17) is 28.8 Å². The summed E-state index contributed by atoms with van der Waals surface area (Å²) >= 11 is 5.48. The number of aromatic nitrogens is 10. The number of nitrogens with zero attached hydrogens (tertiary/aromatic N) is 10. The molecular weight excluding hydrogens is 961 g/mol. The average molecular weight is 1020 g/mol. The van der Waals surface area contributed by atoms with Crippen molar-refractivity contribution >= 4 is 38.5 Å². The summed E-state index contributed by atoms with van der Waals surface area (Å²) in [5.41, 5.74) is 3.71. The van der Waals surface area contributed by atoms with E-state index in [0.717, 1.165) is 52.9 Å².